The maximum atomic E-state index is 15.3. The van der Waals surface area contributed by atoms with Crippen LogP contribution in [0.25, 0.3) is 11.0 Å². The predicted octanol–water partition coefficient (Wildman–Crippen LogP) is 2.84. The van der Waals surface area contributed by atoms with E-state index in [-0.39, 0.29) is 34.8 Å². The van der Waals surface area contributed by atoms with E-state index < -0.39 is 29.3 Å². The number of hydrogen-bond donors (Lipinski definition) is 4. The van der Waals surface area contributed by atoms with E-state index in [2.05, 4.69) is 40.7 Å². The topological polar surface area (TPSA) is 156 Å². The molecule has 13 nitrogen and oxygen atoms in total. The summed E-state index contributed by atoms with van der Waals surface area (Å²) in [6.07, 6.45) is 2.13. The van der Waals surface area contributed by atoms with Gasteiger partial charge in [0.05, 0.1) is 11.2 Å². The number of H-pyrrole nitrogens is 1. The molecule has 0 spiro atoms. The monoisotopic (exact) mass is 699 g/mol. The second kappa shape index (κ2) is 14.4. The number of halogens is 2. The Labute approximate surface area is 292 Å². The fourth-order valence-electron chi connectivity index (χ4n) is 6.92. The molecule has 3 fully saturated rings. The highest BCUT2D eigenvalue weighted by molar-refractivity contribution is 6.01. The lowest BCUT2D eigenvalue weighted by atomic mass is 10.0. The Morgan fingerprint density at radius 1 is 0.922 bits per heavy atom. The second-order valence-electron chi connectivity index (χ2n) is 13.3. The van der Waals surface area contributed by atoms with Crippen LogP contribution < -0.4 is 31.3 Å². The molecule has 3 aliphatic rings. The zero-order valence-electron chi connectivity index (χ0n) is 28.2. The van der Waals surface area contributed by atoms with Gasteiger partial charge in [-0.05, 0) is 62.6 Å². The van der Waals surface area contributed by atoms with Crippen LogP contribution in [-0.2, 0) is 16.1 Å². The van der Waals surface area contributed by atoms with E-state index in [9.17, 15) is 19.2 Å². The minimum Gasteiger partial charge on any atom is -0.374 e. The molecule has 266 valence electrons. The van der Waals surface area contributed by atoms with Crippen LogP contribution in [0.1, 0.15) is 47.4 Å². The van der Waals surface area contributed by atoms with Gasteiger partial charge in [-0.1, -0.05) is 12.1 Å². The summed E-state index contributed by atoms with van der Waals surface area (Å²) in [7, 11) is 0. The number of anilines is 3. The molecule has 4 aromatic rings. The summed E-state index contributed by atoms with van der Waals surface area (Å²) in [4.78, 5) is 65.5. The third-order valence-corrected chi connectivity index (χ3v) is 9.85. The van der Waals surface area contributed by atoms with Gasteiger partial charge in [0.15, 0.2) is 5.82 Å². The number of aromatic amines is 1. The first-order chi connectivity index (χ1) is 24.6. The Hall–Kier alpha value is -5.44. The van der Waals surface area contributed by atoms with Crippen molar-refractivity contribution in [2.75, 3.05) is 54.4 Å². The van der Waals surface area contributed by atoms with Gasteiger partial charge in [-0.15, -0.1) is 0 Å². The Morgan fingerprint density at radius 2 is 1.71 bits per heavy atom. The fraction of sp³-hybridized carbons (Fsp3) is 0.389. The molecule has 0 aliphatic carbocycles. The van der Waals surface area contributed by atoms with Gasteiger partial charge in [0.25, 0.3) is 11.5 Å². The maximum absolute atomic E-state index is 15.3. The smallest absolute Gasteiger partial charge is 0.270 e. The van der Waals surface area contributed by atoms with E-state index in [1.807, 2.05) is 29.2 Å². The van der Waals surface area contributed by atoms with Gasteiger partial charge in [0, 0.05) is 75.2 Å². The molecule has 2 aromatic heterocycles. The number of carbonyl (C=O) groups is 3. The molecule has 0 bridgehead atoms. The van der Waals surface area contributed by atoms with Gasteiger partial charge in [-0.25, -0.2) is 14.4 Å². The number of carbonyl (C=O) groups excluding carboxylic acids is 3. The quantitative estimate of drug-likeness (QED) is 0.159. The molecule has 3 aliphatic heterocycles. The highest BCUT2D eigenvalue weighted by atomic mass is 19.1. The first kappa shape index (κ1) is 34.0. The van der Waals surface area contributed by atoms with Crippen molar-refractivity contribution in [2.24, 2.45) is 0 Å². The summed E-state index contributed by atoms with van der Waals surface area (Å²) in [6.45, 7) is 5.40. The van der Waals surface area contributed by atoms with Crippen LogP contribution in [0, 0.1) is 18.7 Å². The van der Waals surface area contributed by atoms with Crippen LogP contribution in [-0.4, -0.2) is 88.9 Å². The standard InChI is InChI=1S/C36H39F2N9O4/c1-21-34(49)44-32-26(39-21)6-5-22(31(32)37)20-45-15-17-47(18-16-45)29-9-7-28(42-33(29)38)35(50)41-23-11-13-46(14-12-23)25-4-2-3-24(19-25)40-27-8-10-30(48)43-36(27)51/h2-7,9,19,23,27,40H,8,10-18,20H2,1H3,(H,41,50)(H,44,49)(H,43,48,51). The van der Waals surface area contributed by atoms with Crippen LogP contribution in [0.3, 0.4) is 0 Å². The van der Waals surface area contributed by atoms with Crippen molar-refractivity contribution < 1.29 is 23.2 Å². The van der Waals surface area contributed by atoms with Gasteiger partial charge in [0.1, 0.15) is 22.9 Å². The van der Waals surface area contributed by atoms with Crippen molar-refractivity contribution in [3.63, 3.8) is 0 Å². The number of imide groups is 1. The molecule has 2 aromatic carbocycles. The van der Waals surface area contributed by atoms with E-state index in [0.29, 0.717) is 88.3 Å². The normalized spacial score (nSPS) is 18.9. The van der Waals surface area contributed by atoms with Gasteiger partial charge < -0.3 is 25.4 Å². The summed E-state index contributed by atoms with van der Waals surface area (Å²) >= 11 is 0. The van der Waals surface area contributed by atoms with Crippen LogP contribution in [0.2, 0.25) is 0 Å². The third-order valence-electron chi connectivity index (χ3n) is 9.85. The van der Waals surface area contributed by atoms with Crippen molar-refractivity contribution in [2.45, 2.75) is 51.2 Å². The predicted molar refractivity (Wildman–Crippen MR) is 188 cm³/mol. The molecule has 1 atom stereocenters. The van der Waals surface area contributed by atoms with Crippen LogP contribution in [0.5, 0.6) is 0 Å². The Kier molecular flexibility index (Phi) is 9.62. The minimum absolute atomic E-state index is 0.0130. The molecule has 1 unspecified atom stereocenters. The number of aryl methyl sites for hydroxylation is 1. The molecule has 0 radical (unpaired) electrons. The van der Waals surface area contributed by atoms with Gasteiger partial charge in [0.2, 0.25) is 17.8 Å². The molecule has 51 heavy (non-hydrogen) atoms. The number of benzene rings is 2. The number of piperazine rings is 1. The summed E-state index contributed by atoms with van der Waals surface area (Å²) in [5, 5.41) is 8.59. The number of nitrogens with zero attached hydrogens (tertiary/aromatic N) is 5. The largest absolute Gasteiger partial charge is 0.374 e. The zero-order chi connectivity index (χ0) is 35.6. The van der Waals surface area contributed by atoms with Gasteiger partial charge in [-0.3, -0.25) is 29.4 Å². The highest BCUT2D eigenvalue weighted by Crippen LogP contribution is 2.26. The number of hydrogen-bond acceptors (Lipinski definition) is 10. The maximum Gasteiger partial charge on any atom is 0.270 e. The van der Waals surface area contributed by atoms with Crippen LogP contribution >= 0.6 is 0 Å². The van der Waals surface area contributed by atoms with Crippen molar-refractivity contribution >= 4 is 45.8 Å². The lowest BCUT2D eigenvalue weighted by Gasteiger charge is -2.36. The zero-order valence-corrected chi connectivity index (χ0v) is 28.2. The molecular weight excluding hydrogens is 660 g/mol. The summed E-state index contributed by atoms with van der Waals surface area (Å²) in [6, 6.07) is 13.7. The number of aromatic nitrogens is 3. The molecule has 4 N–H and O–H groups in total. The van der Waals surface area contributed by atoms with Crippen molar-refractivity contribution in [3.8, 4) is 0 Å². The van der Waals surface area contributed by atoms with E-state index in [0.717, 1.165) is 11.4 Å². The Balaban J connectivity index is 0.891. The first-order valence-electron chi connectivity index (χ1n) is 17.2. The third kappa shape index (κ3) is 7.53. The van der Waals surface area contributed by atoms with Crippen molar-refractivity contribution in [1.29, 1.82) is 0 Å². The van der Waals surface area contributed by atoms with Crippen molar-refractivity contribution in [3.05, 3.63) is 87.6 Å². The molecule has 0 saturated carbocycles. The minimum atomic E-state index is -0.718. The number of piperidine rings is 2. The lowest BCUT2D eigenvalue weighted by Crippen LogP contribution is -2.47. The fourth-order valence-corrected chi connectivity index (χ4v) is 6.92. The molecule has 3 saturated heterocycles. The number of amides is 3. The van der Waals surface area contributed by atoms with E-state index in [1.165, 1.54) is 6.07 Å². The molecule has 15 heteroatoms. The molecule has 3 amide bonds. The van der Waals surface area contributed by atoms with Crippen LogP contribution in [0.15, 0.2) is 53.3 Å². The molecular formula is C36H39F2N9O4. The van der Waals surface area contributed by atoms with Gasteiger partial charge in [-0.2, -0.15) is 4.39 Å². The van der Waals surface area contributed by atoms with E-state index >= 15 is 8.78 Å². The van der Waals surface area contributed by atoms with Gasteiger partial charge >= 0.3 is 0 Å². The summed E-state index contributed by atoms with van der Waals surface area (Å²) in [5.74, 6) is -2.22. The summed E-state index contributed by atoms with van der Waals surface area (Å²) < 4.78 is 30.5. The lowest BCUT2D eigenvalue weighted by molar-refractivity contribution is -0.133. The average molecular weight is 700 g/mol. The second-order valence-corrected chi connectivity index (χ2v) is 13.3. The first-order valence-corrected chi connectivity index (χ1v) is 17.2. The van der Waals surface area contributed by atoms with Crippen LogP contribution in [0.4, 0.5) is 25.8 Å². The molecule has 5 heterocycles. The van der Waals surface area contributed by atoms with Crippen molar-refractivity contribution in [1.82, 2.24) is 30.5 Å². The SMILES string of the molecule is Cc1nc2ccc(CN3CCN(c4ccc(C(=O)NC5CCN(c6cccc(NC7CCC(=O)NC7=O)c6)CC5)nc4F)CC3)c(F)c2[nH]c1=O. The number of nitrogens with one attached hydrogen (secondary N) is 4. The number of fused-ring (bicyclic) bond motifs is 1. The number of rotatable bonds is 8. The Bertz CT molecular complexity index is 2040. The Morgan fingerprint density at radius 3 is 2.45 bits per heavy atom. The highest BCUT2D eigenvalue weighted by Gasteiger charge is 2.28. The molecule has 7 rings (SSSR count). The van der Waals surface area contributed by atoms with E-state index in [4.69, 9.17) is 0 Å². The number of pyridine rings is 1. The van der Waals surface area contributed by atoms with E-state index in [1.54, 1.807) is 25.1 Å². The summed E-state index contributed by atoms with van der Waals surface area (Å²) in [5.41, 5.74) is 2.89. The average Bonchev–Trinajstić information content (AvgIpc) is 3.12.